The minimum Gasteiger partial charge on any atom is -0.755 e. The maximum absolute atomic E-state index is 11.8. The lowest BCUT2D eigenvalue weighted by Gasteiger charge is -2.31. The molecule has 1 aromatic heterocycles. The summed E-state index contributed by atoms with van der Waals surface area (Å²) in [6, 6.07) is 32.1. The van der Waals surface area contributed by atoms with Gasteiger partial charge in [0, 0.05) is 34.3 Å². The summed E-state index contributed by atoms with van der Waals surface area (Å²) < 4.78 is 30.8. The molecule has 192 valence electrons. The van der Waals surface area contributed by atoms with Gasteiger partial charge in [0.2, 0.25) is 0 Å². The first kappa shape index (κ1) is 25.4. The van der Waals surface area contributed by atoms with Gasteiger partial charge in [-0.15, -0.1) is 0 Å². The number of furan rings is 1. The van der Waals surface area contributed by atoms with Crippen LogP contribution < -0.4 is 4.31 Å². The van der Waals surface area contributed by atoms with E-state index in [1.807, 2.05) is 48.5 Å². The molecule has 1 heterocycles. The number of aliphatic carboxylic acids is 1. The number of carboxylic acid groups (broad SMARTS) is 1. The molecule has 5 aromatic rings. The summed E-state index contributed by atoms with van der Waals surface area (Å²) in [4.78, 5) is 11.6. The number of anilines is 1. The Morgan fingerprint density at radius 3 is 2.05 bits per heavy atom. The third kappa shape index (κ3) is 5.11. The van der Waals surface area contributed by atoms with Crippen LogP contribution in [-0.4, -0.2) is 25.9 Å². The molecule has 6 nitrogen and oxygen atoms in total. The smallest absolute Gasteiger partial charge is 0.327 e. The van der Waals surface area contributed by atoms with E-state index in [1.54, 1.807) is 31.2 Å². The summed E-state index contributed by atoms with van der Waals surface area (Å²) in [5, 5.41) is 10.5. The molecular weight excluding hydrogens is 498 g/mol. The van der Waals surface area contributed by atoms with Crippen molar-refractivity contribution < 1.29 is 23.1 Å². The fraction of sp³-hybridized carbons (Fsp3) is 0.129. The number of fused-ring (bicyclic) bond motifs is 1. The highest BCUT2D eigenvalue weighted by atomic mass is 32.2. The number of carbonyl (C=O) groups is 1. The quantitative estimate of drug-likeness (QED) is 0.214. The summed E-state index contributed by atoms with van der Waals surface area (Å²) >= 11 is -2.71. The van der Waals surface area contributed by atoms with Crippen molar-refractivity contribution in [2.45, 2.75) is 25.8 Å². The fourth-order valence-electron chi connectivity index (χ4n) is 4.76. The average molecular weight is 525 g/mol. The number of rotatable bonds is 9. The molecule has 0 saturated carbocycles. The zero-order chi connectivity index (χ0) is 26.6. The molecule has 0 saturated heterocycles. The van der Waals surface area contributed by atoms with Gasteiger partial charge in [0.15, 0.2) is 0 Å². The second-order valence-electron chi connectivity index (χ2n) is 8.99. The van der Waals surface area contributed by atoms with Gasteiger partial charge in [-0.1, -0.05) is 91.9 Å². The van der Waals surface area contributed by atoms with Crippen molar-refractivity contribution in [3.05, 3.63) is 114 Å². The van der Waals surface area contributed by atoms with Crippen molar-refractivity contribution >= 4 is 33.9 Å². The maximum Gasteiger partial charge on any atom is 0.327 e. The molecule has 38 heavy (non-hydrogen) atoms. The molecule has 5 rings (SSSR count). The Morgan fingerprint density at radius 1 is 0.868 bits per heavy atom. The van der Waals surface area contributed by atoms with Crippen LogP contribution in [-0.2, 0) is 22.5 Å². The zero-order valence-electron chi connectivity index (χ0n) is 20.7. The topological polar surface area (TPSA) is 93.8 Å². The van der Waals surface area contributed by atoms with E-state index < -0.39 is 23.3 Å². The van der Waals surface area contributed by atoms with E-state index in [9.17, 15) is 18.7 Å². The molecule has 2 atom stereocenters. The molecular formula is C31H26NO5S-. The Hall–Kier alpha value is -4.20. The lowest BCUT2D eigenvalue weighted by atomic mass is 9.96. The van der Waals surface area contributed by atoms with E-state index in [0.717, 1.165) is 43.3 Å². The molecule has 0 bridgehead atoms. The number of benzene rings is 4. The number of nitrogens with zero attached hydrogens (tertiary/aromatic N) is 1. The Bertz CT molecular complexity index is 1580. The summed E-state index contributed by atoms with van der Waals surface area (Å²) in [7, 11) is 0. The van der Waals surface area contributed by atoms with Gasteiger partial charge in [-0.25, -0.2) is 4.79 Å². The highest BCUT2D eigenvalue weighted by molar-refractivity contribution is 7.80. The third-order valence-corrected chi connectivity index (χ3v) is 7.41. The Kier molecular flexibility index (Phi) is 7.40. The summed E-state index contributed by atoms with van der Waals surface area (Å²) in [6.07, 6.45) is 0.836. The minimum atomic E-state index is -2.71. The summed E-state index contributed by atoms with van der Waals surface area (Å²) in [5.74, 6) is -0.279. The lowest BCUT2D eigenvalue weighted by molar-refractivity contribution is -0.138. The van der Waals surface area contributed by atoms with Gasteiger partial charge < -0.3 is 14.1 Å². The van der Waals surface area contributed by atoms with Gasteiger partial charge in [0.25, 0.3) is 0 Å². The Balaban J connectivity index is 1.46. The number of carboxylic acids is 1. The van der Waals surface area contributed by atoms with Gasteiger partial charge in [-0.3, -0.25) is 8.51 Å². The van der Waals surface area contributed by atoms with Crippen LogP contribution in [0, 0.1) is 0 Å². The second kappa shape index (κ2) is 11.0. The summed E-state index contributed by atoms with van der Waals surface area (Å²) in [5.41, 5.74) is 6.29. The van der Waals surface area contributed by atoms with Crippen LogP contribution in [0.3, 0.4) is 0 Å². The zero-order valence-corrected chi connectivity index (χ0v) is 21.6. The maximum atomic E-state index is 11.8. The Morgan fingerprint density at radius 2 is 1.45 bits per heavy atom. The van der Waals surface area contributed by atoms with Crippen LogP contribution >= 0.6 is 0 Å². The lowest BCUT2D eigenvalue weighted by Crippen LogP contribution is -2.42. The molecule has 0 aliphatic carbocycles. The van der Waals surface area contributed by atoms with Gasteiger partial charge in [0.05, 0.1) is 0 Å². The van der Waals surface area contributed by atoms with Crippen LogP contribution in [0.5, 0.6) is 0 Å². The average Bonchev–Trinajstić information content (AvgIpc) is 3.29. The molecule has 4 aromatic carbocycles. The van der Waals surface area contributed by atoms with Crippen LogP contribution in [0.2, 0.25) is 0 Å². The van der Waals surface area contributed by atoms with Crippen LogP contribution in [0.25, 0.3) is 33.2 Å². The van der Waals surface area contributed by atoms with E-state index in [4.69, 9.17) is 4.42 Å². The molecule has 0 spiro atoms. The molecule has 7 heteroatoms. The first-order chi connectivity index (χ1) is 18.5. The van der Waals surface area contributed by atoms with Crippen molar-refractivity contribution in [3.8, 4) is 22.3 Å². The van der Waals surface area contributed by atoms with Gasteiger partial charge in [0.1, 0.15) is 17.4 Å². The first-order valence-corrected chi connectivity index (χ1v) is 13.4. The van der Waals surface area contributed by atoms with Gasteiger partial charge in [-0.2, -0.15) is 0 Å². The SMILES string of the molecule is CCC(C(=O)O)N(c1ccc(-c2ccc(-c3c(Cc4ccccc4)oc4ccccc34)cc2)cc1)S(=O)[O-]. The molecule has 0 aliphatic heterocycles. The van der Waals surface area contributed by atoms with Crippen LogP contribution in [0.4, 0.5) is 5.69 Å². The molecule has 0 aliphatic rings. The highest BCUT2D eigenvalue weighted by Gasteiger charge is 2.25. The normalized spacial score (nSPS) is 12.8. The van der Waals surface area contributed by atoms with Crippen molar-refractivity contribution in [3.63, 3.8) is 0 Å². The predicted octanol–water partition coefficient (Wildman–Crippen LogP) is 6.82. The minimum absolute atomic E-state index is 0.154. The standard InChI is InChI=1S/C31H27NO5S/c1-2-27(31(33)34)32(38(35)36)25-18-16-23(17-19-25)22-12-14-24(15-13-22)30-26-10-6-7-11-28(26)37-29(30)20-21-8-4-3-5-9-21/h3-19,27H,2,20H2,1H3,(H,33,34)(H,35,36)/p-1. The number of para-hydroxylation sites is 1. The van der Waals surface area contributed by atoms with Crippen molar-refractivity contribution in [2.75, 3.05) is 4.31 Å². The monoisotopic (exact) mass is 524 g/mol. The second-order valence-corrected chi connectivity index (χ2v) is 9.82. The highest BCUT2D eigenvalue weighted by Crippen LogP contribution is 2.37. The van der Waals surface area contributed by atoms with Gasteiger partial charge >= 0.3 is 5.97 Å². The largest absolute Gasteiger partial charge is 0.755 e. The van der Waals surface area contributed by atoms with E-state index in [1.165, 1.54) is 5.56 Å². The van der Waals surface area contributed by atoms with Gasteiger partial charge in [-0.05, 0) is 46.9 Å². The Labute approximate surface area is 223 Å². The molecule has 2 unspecified atom stereocenters. The summed E-state index contributed by atoms with van der Waals surface area (Å²) in [6.45, 7) is 1.64. The van der Waals surface area contributed by atoms with E-state index >= 15 is 0 Å². The number of hydrogen-bond acceptors (Lipinski definition) is 4. The molecule has 1 N–H and O–H groups in total. The molecule has 0 fully saturated rings. The van der Waals surface area contributed by atoms with Crippen molar-refractivity contribution in [1.82, 2.24) is 0 Å². The van der Waals surface area contributed by atoms with E-state index in [0.29, 0.717) is 12.1 Å². The predicted molar refractivity (Wildman–Crippen MR) is 149 cm³/mol. The van der Waals surface area contributed by atoms with Crippen LogP contribution in [0.1, 0.15) is 24.7 Å². The van der Waals surface area contributed by atoms with E-state index in [2.05, 4.69) is 30.3 Å². The molecule has 0 radical (unpaired) electrons. The van der Waals surface area contributed by atoms with Crippen molar-refractivity contribution in [1.29, 1.82) is 0 Å². The first-order valence-electron chi connectivity index (χ1n) is 12.3. The van der Waals surface area contributed by atoms with E-state index in [-0.39, 0.29) is 6.42 Å². The number of hydrogen-bond donors (Lipinski definition) is 1. The van der Waals surface area contributed by atoms with Crippen molar-refractivity contribution in [2.24, 2.45) is 0 Å². The fourth-order valence-corrected chi connectivity index (χ4v) is 5.50. The molecule has 0 amide bonds. The third-order valence-electron chi connectivity index (χ3n) is 6.62. The van der Waals surface area contributed by atoms with Crippen LogP contribution in [0.15, 0.2) is 108 Å².